The Morgan fingerprint density at radius 1 is 1.08 bits per heavy atom. The van der Waals surface area contributed by atoms with Crippen molar-refractivity contribution in [1.82, 2.24) is 24.8 Å². The lowest BCUT2D eigenvalue weighted by Crippen LogP contribution is -2.30. The number of aromatic nitrogens is 4. The third-order valence-corrected chi connectivity index (χ3v) is 5.37. The Kier molecular flexibility index (Phi) is 7.06. The molecule has 12 heteroatoms. The lowest BCUT2D eigenvalue weighted by Gasteiger charge is -2.16. The van der Waals surface area contributed by atoms with Gasteiger partial charge in [-0.1, -0.05) is 18.2 Å². The van der Waals surface area contributed by atoms with Gasteiger partial charge in [0.15, 0.2) is 0 Å². The maximum Gasteiger partial charge on any atom is 0.419 e. The Bertz CT molecular complexity index is 1400. The lowest BCUT2D eigenvalue weighted by molar-refractivity contribution is -0.138. The average molecular weight is 500 g/mol. The van der Waals surface area contributed by atoms with Gasteiger partial charge in [-0.3, -0.25) is 9.78 Å². The first-order valence-corrected chi connectivity index (χ1v) is 10.7. The van der Waals surface area contributed by atoms with E-state index in [1.807, 2.05) is 0 Å². The predicted molar refractivity (Wildman–Crippen MR) is 124 cm³/mol. The first-order chi connectivity index (χ1) is 17.2. The van der Waals surface area contributed by atoms with Crippen molar-refractivity contribution in [1.29, 1.82) is 0 Å². The quantitative estimate of drug-likeness (QED) is 0.363. The summed E-state index contributed by atoms with van der Waals surface area (Å²) in [5.41, 5.74) is 1.20. The van der Waals surface area contributed by atoms with Crippen LogP contribution in [-0.4, -0.2) is 56.0 Å². The molecule has 0 saturated carbocycles. The molecule has 0 spiro atoms. The number of benzene rings is 1. The Balaban J connectivity index is 1.68. The summed E-state index contributed by atoms with van der Waals surface area (Å²) < 4.78 is 52.0. The number of carbonyl (C=O) groups excluding carboxylic acids is 1. The maximum atomic E-state index is 13.7. The third-order valence-electron chi connectivity index (χ3n) is 5.37. The fraction of sp³-hybridized carbons (Fsp3) is 0.208. The number of pyridine rings is 2. The van der Waals surface area contributed by atoms with Crippen LogP contribution in [0.2, 0.25) is 0 Å². The minimum absolute atomic E-state index is 0.0285. The number of halogens is 4. The van der Waals surface area contributed by atoms with Crippen LogP contribution >= 0.6 is 0 Å². The van der Waals surface area contributed by atoms with E-state index in [4.69, 9.17) is 5.11 Å². The second kappa shape index (κ2) is 10.2. The van der Waals surface area contributed by atoms with Gasteiger partial charge >= 0.3 is 6.18 Å². The van der Waals surface area contributed by atoms with Gasteiger partial charge in [0.2, 0.25) is 5.95 Å². The molecule has 186 valence electrons. The van der Waals surface area contributed by atoms with E-state index in [0.717, 1.165) is 0 Å². The standard InChI is InChI=1S/C24H20F4N6O2/c1-34(8-9-35)22(36)19-5-3-15(11-25)21(32-19)14-2-4-17-18(6-7-29-20(17)10-14)33-23-30-12-16(13-31-23)24(26,27)28/h2-7,10,12-13,35H,8-9,11H2,1H3,(H,29,30,31,33). The fourth-order valence-electron chi connectivity index (χ4n) is 3.48. The van der Waals surface area contributed by atoms with Gasteiger partial charge in [-0.2, -0.15) is 13.2 Å². The predicted octanol–water partition coefficient (Wildman–Crippen LogP) is 4.38. The van der Waals surface area contributed by atoms with Gasteiger partial charge in [-0.15, -0.1) is 0 Å². The van der Waals surface area contributed by atoms with Crippen LogP contribution in [0.3, 0.4) is 0 Å². The van der Waals surface area contributed by atoms with Crippen molar-refractivity contribution in [2.24, 2.45) is 0 Å². The highest BCUT2D eigenvalue weighted by Gasteiger charge is 2.31. The van der Waals surface area contributed by atoms with E-state index in [0.29, 0.717) is 34.5 Å². The van der Waals surface area contributed by atoms with E-state index >= 15 is 0 Å². The van der Waals surface area contributed by atoms with Crippen LogP contribution in [0.5, 0.6) is 0 Å². The first kappa shape index (κ1) is 24.9. The van der Waals surface area contributed by atoms with Crippen molar-refractivity contribution in [2.75, 3.05) is 25.5 Å². The number of aliphatic hydroxyl groups is 1. The van der Waals surface area contributed by atoms with Gasteiger partial charge < -0.3 is 15.3 Å². The third kappa shape index (κ3) is 5.23. The maximum absolute atomic E-state index is 13.7. The summed E-state index contributed by atoms with van der Waals surface area (Å²) in [5.74, 6) is -0.447. The average Bonchev–Trinajstić information content (AvgIpc) is 2.87. The molecule has 36 heavy (non-hydrogen) atoms. The molecule has 0 aliphatic rings. The molecule has 8 nitrogen and oxygen atoms in total. The number of amides is 1. The number of carbonyl (C=O) groups is 1. The van der Waals surface area contributed by atoms with E-state index in [-0.39, 0.29) is 36.1 Å². The highest BCUT2D eigenvalue weighted by atomic mass is 19.4. The van der Waals surface area contributed by atoms with Crippen molar-refractivity contribution in [3.8, 4) is 11.3 Å². The van der Waals surface area contributed by atoms with Crippen LogP contribution < -0.4 is 5.32 Å². The molecule has 0 saturated heterocycles. The number of hydrogen-bond donors (Lipinski definition) is 2. The van der Waals surface area contributed by atoms with E-state index in [1.165, 1.54) is 30.3 Å². The molecule has 0 aliphatic carbocycles. The van der Waals surface area contributed by atoms with E-state index in [2.05, 4.69) is 25.3 Å². The topological polar surface area (TPSA) is 104 Å². The second-order valence-electron chi connectivity index (χ2n) is 7.80. The molecule has 4 aromatic rings. The van der Waals surface area contributed by atoms with E-state index in [9.17, 15) is 22.4 Å². The van der Waals surface area contributed by atoms with Gasteiger partial charge in [0, 0.05) is 48.7 Å². The Labute approximate surface area is 202 Å². The molecule has 1 amide bonds. The molecule has 1 aromatic carbocycles. The van der Waals surface area contributed by atoms with Crippen molar-refractivity contribution in [3.05, 3.63) is 71.8 Å². The SMILES string of the molecule is CN(CCO)C(=O)c1ccc(CF)c(-c2ccc3c(Nc4ncc(C(F)(F)F)cn4)ccnc3c2)n1. The Morgan fingerprint density at radius 2 is 1.83 bits per heavy atom. The second-order valence-corrected chi connectivity index (χ2v) is 7.80. The van der Waals surface area contributed by atoms with Crippen molar-refractivity contribution < 1.29 is 27.5 Å². The number of nitrogens with one attached hydrogen (secondary N) is 1. The largest absolute Gasteiger partial charge is 0.419 e. The van der Waals surface area contributed by atoms with Crippen LogP contribution in [0.25, 0.3) is 22.2 Å². The molecule has 3 aromatic heterocycles. The number of rotatable bonds is 7. The molecule has 0 bridgehead atoms. The summed E-state index contributed by atoms with van der Waals surface area (Å²) in [6, 6.07) is 9.57. The van der Waals surface area contributed by atoms with Gasteiger partial charge in [0.25, 0.3) is 5.91 Å². The van der Waals surface area contributed by atoms with Gasteiger partial charge in [0.1, 0.15) is 12.4 Å². The number of aliphatic hydroxyl groups excluding tert-OH is 1. The smallest absolute Gasteiger partial charge is 0.395 e. The zero-order valence-electron chi connectivity index (χ0n) is 18.9. The molecular formula is C24H20F4N6O2. The van der Waals surface area contributed by atoms with Crippen LogP contribution in [0.15, 0.2) is 55.0 Å². The molecule has 0 radical (unpaired) electrons. The summed E-state index contributed by atoms with van der Waals surface area (Å²) in [7, 11) is 1.53. The zero-order valence-corrected chi connectivity index (χ0v) is 18.9. The monoisotopic (exact) mass is 500 g/mol. The summed E-state index contributed by atoms with van der Waals surface area (Å²) in [5, 5.41) is 12.6. The molecule has 0 aliphatic heterocycles. The number of hydrogen-bond acceptors (Lipinski definition) is 7. The molecule has 0 unspecified atom stereocenters. The van der Waals surface area contributed by atoms with Gasteiger partial charge in [0.05, 0.1) is 29.1 Å². The van der Waals surface area contributed by atoms with Crippen molar-refractivity contribution in [3.63, 3.8) is 0 Å². The highest BCUT2D eigenvalue weighted by Crippen LogP contribution is 2.31. The summed E-state index contributed by atoms with van der Waals surface area (Å²) in [6.07, 6.45) is -1.67. The van der Waals surface area contributed by atoms with Crippen LogP contribution in [0.1, 0.15) is 21.6 Å². The minimum Gasteiger partial charge on any atom is -0.395 e. The molecular weight excluding hydrogens is 480 g/mol. The van der Waals surface area contributed by atoms with E-state index < -0.39 is 24.3 Å². The number of anilines is 2. The molecule has 0 atom stereocenters. The van der Waals surface area contributed by atoms with Crippen LogP contribution in [0, 0.1) is 0 Å². The van der Waals surface area contributed by atoms with Crippen LogP contribution in [-0.2, 0) is 12.9 Å². The first-order valence-electron chi connectivity index (χ1n) is 10.7. The molecule has 0 fully saturated rings. The minimum atomic E-state index is -4.54. The van der Waals surface area contributed by atoms with Crippen LogP contribution in [0.4, 0.5) is 29.2 Å². The lowest BCUT2D eigenvalue weighted by atomic mass is 10.0. The number of nitrogens with zero attached hydrogens (tertiary/aromatic N) is 5. The Hall–Kier alpha value is -4.19. The highest BCUT2D eigenvalue weighted by molar-refractivity contribution is 5.96. The molecule has 3 heterocycles. The number of alkyl halides is 4. The summed E-state index contributed by atoms with van der Waals surface area (Å²) in [6.45, 7) is -0.886. The molecule has 2 N–H and O–H groups in total. The molecule has 4 rings (SSSR count). The van der Waals surface area contributed by atoms with Gasteiger partial charge in [-0.25, -0.2) is 19.3 Å². The van der Waals surface area contributed by atoms with Crippen molar-refractivity contribution >= 4 is 28.4 Å². The number of likely N-dealkylation sites (N-methyl/N-ethyl adjacent to an activating group) is 1. The Morgan fingerprint density at radius 3 is 2.50 bits per heavy atom. The number of fused-ring (bicyclic) bond motifs is 1. The van der Waals surface area contributed by atoms with Gasteiger partial charge in [-0.05, 0) is 18.2 Å². The normalized spacial score (nSPS) is 11.5. The fourth-order valence-corrected chi connectivity index (χ4v) is 3.48. The van der Waals surface area contributed by atoms with E-state index in [1.54, 1.807) is 24.3 Å². The van der Waals surface area contributed by atoms with Crippen molar-refractivity contribution in [2.45, 2.75) is 12.9 Å². The summed E-state index contributed by atoms with van der Waals surface area (Å²) >= 11 is 0. The summed E-state index contributed by atoms with van der Waals surface area (Å²) in [4.78, 5) is 30.0. The zero-order chi connectivity index (χ0) is 25.9.